The average molecular weight is 358 g/mol. The van der Waals surface area contributed by atoms with Crippen LogP contribution in [-0.4, -0.2) is 11.1 Å². The fourth-order valence-electron chi connectivity index (χ4n) is 2.91. The number of carbonyl (C=O) groups excluding carboxylic acids is 1. The number of thioether (sulfide) groups is 1. The smallest absolute Gasteiger partial charge is 0.264 e. The van der Waals surface area contributed by atoms with Crippen LogP contribution in [0.15, 0.2) is 70.6 Å². The van der Waals surface area contributed by atoms with Crippen molar-refractivity contribution in [1.29, 1.82) is 0 Å². The Hall–Kier alpha value is -2.85. The molecule has 0 radical (unpaired) electrons. The predicted octanol–water partition coefficient (Wildman–Crippen LogP) is 5.35. The molecule has 3 nitrogen and oxygen atoms in total. The van der Waals surface area contributed by atoms with E-state index in [1.54, 1.807) is 0 Å². The molecule has 0 aliphatic carbocycles. The third-order valence-corrected chi connectivity index (χ3v) is 5.39. The molecule has 0 aromatic heterocycles. The molecule has 1 aliphatic rings. The number of rotatable bonds is 2. The number of nitrogens with one attached hydrogen (secondary N) is 1. The molecule has 1 amide bonds. The molecule has 0 bridgehead atoms. The first-order valence-corrected chi connectivity index (χ1v) is 9.26. The Balaban J connectivity index is 1.66. The summed E-state index contributed by atoms with van der Waals surface area (Å²) in [5.74, 6) is -0.106. The number of nitrogens with zero attached hydrogens (tertiary/aromatic N) is 1. The Bertz CT molecular complexity index is 1080. The molecule has 4 rings (SSSR count). The van der Waals surface area contributed by atoms with Gasteiger partial charge in [0.1, 0.15) is 0 Å². The van der Waals surface area contributed by atoms with Crippen molar-refractivity contribution >= 4 is 45.4 Å². The highest BCUT2D eigenvalue weighted by atomic mass is 32.2. The number of aliphatic imine (C=N–C) groups is 1. The van der Waals surface area contributed by atoms with Crippen LogP contribution in [0.5, 0.6) is 0 Å². The number of hydrogen-bond donors (Lipinski definition) is 1. The zero-order valence-electron chi connectivity index (χ0n) is 14.6. The van der Waals surface area contributed by atoms with Crippen LogP contribution in [0, 0.1) is 13.8 Å². The van der Waals surface area contributed by atoms with Crippen LogP contribution in [0.25, 0.3) is 16.8 Å². The van der Waals surface area contributed by atoms with Crippen LogP contribution < -0.4 is 5.32 Å². The Morgan fingerprint density at radius 1 is 0.962 bits per heavy atom. The van der Waals surface area contributed by atoms with Gasteiger partial charge in [-0.2, -0.15) is 0 Å². The highest BCUT2D eigenvalue weighted by Gasteiger charge is 2.24. The predicted molar refractivity (Wildman–Crippen MR) is 111 cm³/mol. The van der Waals surface area contributed by atoms with E-state index in [9.17, 15) is 4.79 Å². The summed E-state index contributed by atoms with van der Waals surface area (Å²) in [4.78, 5) is 17.6. The molecule has 128 valence electrons. The van der Waals surface area contributed by atoms with E-state index in [1.165, 1.54) is 22.9 Å². The van der Waals surface area contributed by atoms with E-state index in [1.807, 2.05) is 48.5 Å². The summed E-state index contributed by atoms with van der Waals surface area (Å²) in [5, 5.41) is 5.77. The second-order valence-corrected chi connectivity index (χ2v) is 7.35. The van der Waals surface area contributed by atoms with Crippen LogP contribution in [0.3, 0.4) is 0 Å². The first-order chi connectivity index (χ1) is 12.6. The molecular formula is C22H18N2OS. The van der Waals surface area contributed by atoms with Crippen molar-refractivity contribution < 1.29 is 4.79 Å². The summed E-state index contributed by atoms with van der Waals surface area (Å²) in [6, 6.07) is 20.3. The van der Waals surface area contributed by atoms with Gasteiger partial charge in [-0.1, -0.05) is 48.5 Å². The zero-order chi connectivity index (χ0) is 18.1. The molecule has 4 heteroatoms. The highest BCUT2D eigenvalue weighted by Crippen LogP contribution is 2.30. The first kappa shape index (κ1) is 16.6. The van der Waals surface area contributed by atoms with Gasteiger partial charge in [-0.05, 0) is 71.3 Å². The van der Waals surface area contributed by atoms with Gasteiger partial charge in [0.05, 0.1) is 10.6 Å². The standard InChI is InChI=1S/C22H18N2OS/c1-14-10-11-18(12-15(14)2)23-22-24-21(25)20(26-22)13-17-8-5-7-16-6-3-4-9-19(16)17/h3-13H,1-2H3,(H,23,24,25)/b20-13-. The topological polar surface area (TPSA) is 41.5 Å². The lowest BCUT2D eigenvalue weighted by Gasteiger charge is -2.02. The number of fused-ring (bicyclic) bond motifs is 1. The number of hydrogen-bond acceptors (Lipinski definition) is 3. The number of amidine groups is 1. The van der Waals surface area contributed by atoms with Crippen molar-refractivity contribution in [2.45, 2.75) is 13.8 Å². The van der Waals surface area contributed by atoms with Gasteiger partial charge in [0.2, 0.25) is 0 Å². The maximum atomic E-state index is 12.4. The minimum atomic E-state index is -0.106. The van der Waals surface area contributed by atoms with Gasteiger partial charge in [-0.15, -0.1) is 0 Å². The molecule has 3 aromatic rings. The van der Waals surface area contributed by atoms with Crippen LogP contribution in [0.2, 0.25) is 0 Å². The Morgan fingerprint density at radius 3 is 2.62 bits per heavy atom. The van der Waals surface area contributed by atoms with Crippen molar-refractivity contribution in [1.82, 2.24) is 5.32 Å². The average Bonchev–Trinajstić information content (AvgIpc) is 2.98. The van der Waals surface area contributed by atoms with Gasteiger partial charge < -0.3 is 5.32 Å². The molecule has 3 aromatic carbocycles. The molecule has 0 saturated carbocycles. The fourth-order valence-corrected chi connectivity index (χ4v) is 3.74. The van der Waals surface area contributed by atoms with E-state index in [0.717, 1.165) is 22.0 Å². The van der Waals surface area contributed by atoms with E-state index in [-0.39, 0.29) is 5.91 Å². The Labute approximate surface area is 156 Å². The lowest BCUT2D eigenvalue weighted by Crippen LogP contribution is -2.19. The summed E-state index contributed by atoms with van der Waals surface area (Å²) in [6.07, 6.45) is 1.94. The Morgan fingerprint density at radius 2 is 1.77 bits per heavy atom. The van der Waals surface area contributed by atoms with E-state index < -0.39 is 0 Å². The number of amides is 1. The fraction of sp³-hybridized carbons (Fsp3) is 0.0909. The number of carbonyl (C=O) groups is 1. The van der Waals surface area contributed by atoms with Gasteiger partial charge >= 0.3 is 0 Å². The molecule has 0 atom stereocenters. The summed E-state index contributed by atoms with van der Waals surface area (Å²) < 4.78 is 0. The van der Waals surface area contributed by atoms with Crippen molar-refractivity contribution in [3.05, 3.63) is 82.3 Å². The number of benzene rings is 3. The molecule has 0 spiro atoms. The second-order valence-electron chi connectivity index (χ2n) is 6.32. The molecular weight excluding hydrogens is 340 g/mol. The van der Waals surface area contributed by atoms with Crippen molar-refractivity contribution in [2.75, 3.05) is 0 Å². The van der Waals surface area contributed by atoms with Crippen LogP contribution in [-0.2, 0) is 4.79 Å². The minimum absolute atomic E-state index is 0.106. The third-order valence-electron chi connectivity index (χ3n) is 4.48. The van der Waals surface area contributed by atoms with Crippen LogP contribution in [0.1, 0.15) is 16.7 Å². The van der Waals surface area contributed by atoms with Gasteiger partial charge in [-0.3, -0.25) is 4.79 Å². The molecule has 26 heavy (non-hydrogen) atoms. The highest BCUT2D eigenvalue weighted by molar-refractivity contribution is 8.18. The molecule has 1 heterocycles. The van der Waals surface area contributed by atoms with E-state index in [2.05, 4.69) is 42.4 Å². The maximum Gasteiger partial charge on any atom is 0.264 e. The molecule has 1 aliphatic heterocycles. The van der Waals surface area contributed by atoms with Crippen LogP contribution in [0.4, 0.5) is 5.69 Å². The molecule has 0 unspecified atom stereocenters. The minimum Gasteiger partial charge on any atom is -0.300 e. The van der Waals surface area contributed by atoms with E-state index in [4.69, 9.17) is 0 Å². The van der Waals surface area contributed by atoms with Gasteiger partial charge in [0.15, 0.2) is 5.17 Å². The largest absolute Gasteiger partial charge is 0.300 e. The maximum absolute atomic E-state index is 12.4. The van der Waals surface area contributed by atoms with Gasteiger partial charge in [0, 0.05) is 0 Å². The van der Waals surface area contributed by atoms with Crippen molar-refractivity contribution in [3.63, 3.8) is 0 Å². The quantitative estimate of drug-likeness (QED) is 0.628. The summed E-state index contributed by atoms with van der Waals surface area (Å²) in [6.45, 7) is 4.13. The monoisotopic (exact) mass is 358 g/mol. The third kappa shape index (κ3) is 3.28. The van der Waals surface area contributed by atoms with Crippen LogP contribution >= 0.6 is 11.8 Å². The summed E-state index contributed by atoms with van der Waals surface area (Å²) >= 11 is 1.38. The first-order valence-electron chi connectivity index (χ1n) is 8.45. The molecule has 1 saturated heterocycles. The lowest BCUT2D eigenvalue weighted by atomic mass is 10.0. The van der Waals surface area contributed by atoms with E-state index >= 15 is 0 Å². The lowest BCUT2D eigenvalue weighted by molar-refractivity contribution is -0.115. The summed E-state index contributed by atoms with van der Waals surface area (Å²) in [5.41, 5.74) is 4.30. The number of aryl methyl sites for hydroxylation is 2. The van der Waals surface area contributed by atoms with Crippen molar-refractivity contribution in [3.8, 4) is 0 Å². The molecule has 1 N–H and O–H groups in total. The summed E-state index contributed by atoms with van der Waals surface area (Å²) in [7, 11) is 0. The zero-order valence-corrected chi connectivity index (χ0v) is 15.4. The second kappa shape index (κ2) is 6.81. The van der Waals surface area contributed by atoms with E-state index in [0.29, 0.717) is 10.1 Å². The Kier molecular flexibility index (Phi) is 4.35. The van der Waals surface area contributed by atoms with Gasteiger partial charge in [0.25, 0.3) is 5.91 Å². The molecule has 1 fully saturated rings. The SMILES string of the molecule is Cc1ccc(N=C2NC(=O)/C(=C/c3cccc4ccccc34)S2)cc1C. The van der Waals surface area contributed by atoms with Gasteiger partial charge in [-0.25, -0.2) is 4.99 Å². The van der Waals surface area contributed by atoms with Crippen molar-refractivity contribution in [2.24, 2.45) is 4.99 Å². The normalized spacial score (nSPS) is 17.2.